The molecule has 0 aliphatic carbocycles. The van der Waals surface area contributed by atoms with Gasteiger partial charge in [-0.1, -0.05) is 35.6 Å². The Labute approximate surface area is 263 Å². The van der Waals surface area contributed by atoms with Gasteiger partial charge < -0.3 is 25.2 Å². The molecule has 0 saturated carbocycles. The lowest BCUT2D eigenvalue weighted by atomic mass is 10.1. The maximum atomic E-state index is 12.6. The number of hydrogen-bond donors (Lipinski definition) is 2. The number of thioether (sulfide) groups is 1. The molecule has 1 atom stereocenters. The number of amides is 1. The van der Waals surface area contributed by atoms with E-state index in [2.05, 4.69) is 72.9 Å². The van der Waals surface area contributed by atoms with E-state index >= 15 is 0 Å². The van der Waals surface area contributed by atoms with Crippen LogP contribution in [0, 0.1) is 0 Å². The van der Waals surface area contributed by atoms with E-state index < -0.39 is 0 Å². The minimum absolute atomic E-state index is 0.0244. The molecule has 5 rings (SSSR count). The van der Waals surface area contributed by atoms with E-state index in [1.807, 2.05) is 56.0 Å². The Morgan fingerprint density at radius 2 is 1.81 bits per heavy atom. The van der Waals surface area contributed by atoms with Crippen molar-refractivity contribution in [3.8, 4) is 5.75 Å². The van der Waals surface area contributed by atoms with Crippen LogP contribution in [0.1, 0.15) is 53.4 Å². The fraction of sp³-hybridized carbons (Fsp3) is 0.516. The van der Waals surface area contributed by atoms with Gasteiger partial charge in [-0.05, 0) is 84.3 Å². The number of likely N-dealkylation sites (tertiary alicyclic amines) is 1. The smallest absolute Gasteiger partial charge is 0.227 e. The van der Waals surface area contributed by atoms with Crippen LogP contribution in [0.5, 0.6) is 5.75 Å². The van der Waals surface area contributed by atoms with E-state index in [1.54, 1.807) is 6.20 Å². The first-order valence-corrected chi connectivity index (χ1v) is 16.8. The number of rotatable bonds is 11. The number of aromatic nitrogens is 4. The van der Waals surface area contributed by atoms with Crippen LogP contribution in [0.4, 0.5) is 16.1 Å². The highest BCUT2D eigenvalue weighted by Gasteiger charge is 2.25. The Morgan fingerprint density at radius 1 is 1.05 bits per heavy atom. The van der Waals surface area contributed by atoms with Gasteiger partial charge in [0.2, 0.25) is 16.2 Å². The summed E-state index contributed by atoms with van der Waals surface area (Å²) in [5.74, 6) is 1.83. The second-order valence-electron chi connectivity index (χ2n) is 10.8. The molecule has 2 aliphatic rings. The number of nitrogens with zero attached hydrogens (tertiary/aromatic N) is 6. The third-order valence-corrected chi connectivity index (χ3v) is 9.26. The van der Waals surface area contributed by atoms with E-state index in [1.165, 1.54) is 16.2 Å². The fourth-order valence-electron chi connectivity index (χ4n) is 4.83. The summed E-state index contributed by atoms with van der Waals surface area (Å²) in [6.45, 7) is 12.6. The average molecular weight is 625 g/mol. The summed E-state index contributed by atoms with van der Waals surface area (Å²) in [6.07, 6.45) is 9.47. The van der Waals surface area contributed by atoms with Crippen molar-refractivity contribution in [3.05, 3.63) is 54.7 Å². The quantitative estimate of drug-likeness (QED) is 0.248. The Balaban J connectivity index is 0.000000996. The summed E-state index contributed by atoms with van der Waals surface area (Å²) in [4.78, 5) is 18.4. The zero-order valence-electron chi connectivity index (χ0n) is 25.6. The number of ether oxygens (including phenoxy) is 1. The van der Waals surface area contributed by atoms with Crippen molar-refractivity contribution in [1.29, 1.82) is 0 Å². The number of para-hydroxylation sites is 1. The lowest BCUT2D eigenvalue weighted by Crippen LogP contribution is -2.36. The van der Waals surface area contributed by atoms with Crippen molar-refractivity contribution >= 4 is 45.1 Å². The molecule has 1 unspecified atom stereocenters. The third-order valence-electron chi connectivity index (χ3n) is 7.10. The monoisotopic (exact) mass is 624 g/mol. The van der Waals surface area contributed by atoms with Gasteiger partial charge in [0.05, 0.1) is 6.10 Å². The number of allylic oxidation sites excluding steroid dienone is 2. The molecule has 2 aliphatic heterocycles. The Morgan fingerprint density at radius 3 is 2.53 bits per heavy atom. The van der Waals surface area contributed by atoms with Crippen LogP contribution in [0.2, 0.25) is 0 Å². The zero-order valence-corrected chi connectivity index (χ0v) is 27.2. The number of hydrogen-bond acceptors (Lipinski definition) is 11. The molecule has 1 aromatic carbocycles. The molecular formula is C31H44N8O2S2. The van der Waals surface area contributed by atoms with Gasteiger partial charge in [0.1, 0.15) is 5.75 Å². The van der Waals surface area contributed by atoms with Crippen LogP contribution >= 0.6 is 23.1 Å². The Hall–Kier alpha value is -3.22. The van der Waals surface area contributed by atoms with Gasteiger partial charge >= 0.3 is 0 Å². The van der Waals surface area contributed by atoms with Crippen molar-refractivity contribution < 1.29 is 9.53 Å². The summed E-state index contributed by atoms with van der Waals surface area (Å²) < 4.78 is 5.98. The summed E-state index contributed by atoms with van der Waals surface area (Å²) in [5.41, 5.74) is 0. The van der Waals surface area contributed by atoms with Gasteiger partial charge in [0, 0.05) is 48.4 Å². The first-order valence-electron chi connectivity index (χ1n) is 15.1. The second-order valence-corrected chi connectivity index (χ2v) is 13.1. The highest BCUT2D eigenvalue weighted by molar-refractivity contribution is 8.00. The SMILES string of the molecule is C/C=C\C.CC(C)Oc1ccccc1SC1CCN(CCC(=O)Nc2nnc(NC3CCN(c4cccnn4)C3)s2)CC1. The van der Waals surface area contributed by atoms with E-state index in [-0.39, 0.29) is 18.1 Å². The predicted molar refractivity (Wildman–Crippen MR) is 177 cm³/mol. The van der Waals surface area contributed by atoms with Gasteiger partial charge in [0.25, 0.3) is 0 Å². The summed E-state index contributed by atoms with van der Waals surface area (Å²) in [5, 5.41) is 24.7. The standard InChI is InChI=1S/C27H36N8O2S2.C4H8/c1-19(2)37-22-6-3-4-7-23(22)38-21-10-14-34(15-11-21)16-12-25(36)30-27-33-32-26(39-27)29-20-9-17-35(18-20)24-8-5-13-28-31-24;1-3-4-2/h3-8,13,19-21H,9-12,14-18H2,1-2H3,(H,29,32)(H,30,33,36);3-4H,1-2H3/b;4-3-. The number of carbonyl (C=O) groups is 1. The average Bonchev–Trinajstić information content (AvgIpc) is 3.68. The largest absolute Gasteiger partial charge is 0.490 e. The number of carbonyl (C=O) groups excluding carboxylic acids is 1. The molecule has 43 heavy (non-hydrogen) atoms. The molecular weight excluding hydrogens is 581 g/mol. The lowest BCUT2D eigenvalue weighted by Gasteiger charge is -2.31. The first kappa shape index (κ1) is 32.7. The predicted octanol–water partition coefficient (Wildman–Crippen LogP) is 5.97. The molecule has 1 amide bonds. The van der Waals surface area contributed by atoms with E-state index in [0.29, 0.717) is 16.8 Å². The number of anilines is 3. The van der Waals surface area contributed by atoms with Gasteiger partial charge in [-0.3, -0.25) is 4.79 Å². The van der Waals surface area contributed by atoms with Gasteiger partial charge in [-0.25, -0.2) is 0 Å². The molecule has 2 saturated heterocycles. The molecule has 0 radical (unpaired) electrons. The lowest BCUT2D eigenvalue weighted by molar-refractivity contribution is -0.116. The molecule has 12 heteroatoms. The van der Waals surface area contributed by atoms with Gasteiger partial charge in [-0.15, -0.1) is 27.1 Å². The number of piperidine rings is 1. The molecule has 2 N–H and O–H groups in total. The van der Waals surface area contributed by atoms with Crippen LogP contribution in [0.25, 0.3) is 0 Å². The zero-order chi connectivity index (χ0) is 30.4. The highest BCUT2D eigenvalue weighted by atomic mass is 32.2. The van der Waals surface area contributed by atoms with Gasteiger partial charge in [0.15, 0.2) is 5.82 Å². The molecule has 2 fully saturated rings. The van der Waals surface area contributed by atoms with Crippen LogP contribution in [0.15, 0.2) is 59.6 Å². The molecule has 2 aromatic heterocycles. The molecule has 0 bridgehead atoms. The highest BCUT2D eigenvalue weighted by Crippen LogP contribution is 2.36. The van der Waals surface area contributed by atoms with Crippen LogP contribution in [-0.2, 0) is 4.79 Å². The third kappa shape index (κ3) is 10.8. The van der Waals surface area contributed by atoms with E-state index in [9.17, 15) is 4.79 Å². The Kier molecular flexibility index (Phi) is 13.1. The maximum absolute atomic E-state index is 12.6. The molecule has 232 valence electrons. The molecule has 0 spiro atoms. The normalized spacial score (nSPS) is 17.6. The molecule has 4 heterocycles. The molecule has 10 nitrogen and oxygen atoms in total. The van der Waals surface area contributed by atoms with Crippen molar-refractivity contribution in [2.45, 2.75) is 75.7 Å². The second kappa shape index (κ2) is 17.2. The van der Waals surface area contributed by atoms with Crippen molar-refractivity contribution in [2.75, 3.05) is 48.3 Å². The van der Waals surface area contributed by atoms with Crippen LogP contribution in [-0.4, -0.2) is 81.3 Å². The van der Waals surface area contributed by atoms with Crippen molar-refractivity contribution in [3.63, 3.8) is 0 Å². The molecule has 3 aromatic rings. The number of benzene rings is 1. The summed E-state index contributed by atoms with van der Waals surface area (Å²) in [6, 6.07) is 12.4. The topological polar surface area (TPSA) is 108 Å². The summed E-state index contributed by atoms with van der Waals surface area (Å²) in [7, 11) is 0. The van der Waals surface area contributed by atoms with E-state index in [4.69, 9.17) is 4.74 Å². The van der Waals surface area contributed by atoms with Crippen LogP contribution < -0.4 is 20.3 Å². The summed E-state index contributed by atoms with van der Waals surface area (Å²) >= 11 is 3.29. The minimum atomic E-state index is -0.0244. The Bertz CT molecular complexity index is 1280. The maximum Gasteiger partial charge on any atom is 0.227 e. The van der Waals surface area contributed by atoms with Crippen molar-refractivity contribution in [2.24, 2.45) is 0 Å². The van der Waals surface area contributed by atoms with E-state index in [0.717, 1.165) is 68.7 Å². The number of nitrogens with one attached hydrogen (secondary N) is 2. The minimum Gasteiger partial charge on any atom is -0.490 e. The fourth-order valence-corrected chi connectivity index (χ4v) is 6.76. The van der Waals surface area contributed by atoms with Crippen molar-refractivity contribution in [1.82, 2.24) is 25.3 Å². The van der Waals surface area contributed by atoms with Crippen LogP contribution in [0.3, 0.4) is 0 Å². The van der Waals surface area contributed by atoms with Gasteiger partial charge in [-0.2, -0.15) is 5.10 Å². The first-order chi connectivity index (χ1) is 20.9.